The van der Waals surface area contributed by atoms with Crippen molar-refractivity contribution in [3.63, 3.8) is 0 Å². The second-order valence-electron chi connectivity index (χ2n) is 5.60. The number of benzene rings is 1. The van der Waals surface area contributed by atoms with E-state index in [1.807, 2.05) is 12.1 Å². The number of carbonyl (C=O) groups is 2. The number of nitrogens with zero attached hydrogens (tertiary/aromatic N) is 2. The molecule has 0 radical (unpaired) electrons. The molecule has 0 aliphatic heterocycles. The van der Waals surface area contributed by atoms with Gasteiger partial charge >= 0.3 is 0 Å². The van der Waals surface area contributed by atoms with E-state index in [1.54, 1.807) is 35.8 Å². The van der Waals surface area contributed by atoms with Crippen molar-refractivity contribution in [3.05, 3.63) is 64.9 Å². The molecule has 144 valence electrons. The smallest absolute Gasteiger partial charge is 0.271 e. The average molecular weight is 398 g/mol. The molecule has 0 aliphatic rings. The molecule has 0 unspecified atom stereocenters. The first kappa shape index (κ1) is 19.3. The zero-order valence-corrected chi connectivity index (χ0v) is 16.1. The van der Waals surface area contributed by atoms with Crippen molar-refractivity contribution >= 4 is 28.3 Å². The minimum atomic E-state index is -0.382. The van der Waals surface area contributed by atoms with Gasteiger partial charge in [-0.1, -0.05) is 6.07 Å². The summed E-state index contributed by atoms with van der Waals surface area (Å²) in [5, 5.41) is 7.31. The van der Waals surface area contributed by atoms with Crippen molar-refractivity contribution in [3.8, 4) is 11.5 Å². The first-order valence-corrected chi connectivity index (χ1v) is 9.15. The summed E-state index contributed by atoms with van der Waals surface area (Å²) in [6, 6.07) is 10.3. The van der Waals surface area contributed by atoms with Crippen LogP contribution in [0.25, 0.3) is 0 Å². The molecule has 0 atom stereocenters. The maximum atomic E-state index is 12.5. The molecule has 28 heavy (non-hydrogen) atoms. The lowest BCUT2D eigenvalue weighted by atomic mass is 10.2. The number of hydrogen-bond donors (Lipinski definition) is 2. The third kappa shape index (κ3) is 4.83. The molecule has 8 nitrogen and oxygen atoms in total. The molecule has 0 aliphatic carbocycles. The number of thiazole rings is 1. The maximum Gasteiger partial charge on any atom is 0.271 e. The van der Waals surface area contributed by atoms with Gasteiger partial charge in [0.15, 0.2) is 5.13 Å². The van der Waals surface area contributed by atoms with Crippen LogP contribution < -0.4 is 20.1 Å². The van der Waals surface area contributed by atoms with Crippen LogP contribution in [0, 0.1) is 0 Å². The Morgan fingerprint density at radius 3 is 2.46 bits per heavy atom. The number of ether oxygens (including phenoxy) is 2. The molecule has 0 bridgehead atoms. The zero-order valence-electron chi connectivity index (χ0n) is 15.3. The third-order valence-electron chi connectivity index (χ3n) is 3.73. The van der Waals surface area contributed by atoms with E-state index >= 15 is 0 Å². The van der Waals surface area contributed by atoms with Crippen LogP contribution in [0.1, 0.15) is 26.5 Å². The normalized spacial score (nSPS) is 10.2. The number of carbonyl (C=O) groups excluding carboxylic acids is 2. The summed E-state index contributed by atoms with van der Waals surface area (Å²) in [5.41, 5.74) is 1.32. The van der Waals surface area contributed by atoms with Gasteiger partial charge in [-0.3, -0.25) is 19.9 Å². The fourth-order valence-electron chi connectivity index (χ4n) is 2.31. The van der Waals surface area contributed by atoms with Crippen LogP contribution in [-0.4, -0.2) is 36.0 Å². The van der Waals surface area contributed by atoms with E-state index in [2.05, 4.69) is 20.6 Å². The van der Waals surface area contributed by atoms with Crippen molar-refractivity contribution in [2.75, 3.05) is 19.5 Å². The summed E-state index contributed by atoms with van der Waals surface area (Å²) in [5.74, 6) is 0.272. The van der Waals surface area contributed by atoms with Crippen LogP contribution in [0.3, 0.4) is 0 Å². The Morgan fingerprint density at radius 1 is 1.07 bits per heavy atom. The SMILES string of the molecule is COc1cc(OC)cc(C(=O)Nc2nc(C(=O)NCc3ccccn3)cs2)c1. The topological polar surface area (TPSA) is 102 Å². The van der Waals surface area contributed by atoms with Crippen LogP contribution >= 0.6 is 11.3 Å². The van der Waals surface area contributed by atoms with Crippen LogP contribution in [0.4, 0.5) is 5.13 Å². The predicted octanol–water partition coefficient (Wildman–Crippen LogP) is 2.74. The van der Waals surface area contributed by atoms with Crippen LogP contribution in [-0.2, 0) is 6.54 Å². The first-order chi connectivity index (χ1) is 13.6. The minimum absolute atomic E-state index is 0.222. The lowest BCUT2D eigenvalue weighted by Gasteiger charge is -2.08. The van der Waals surface area contributed by atoms with Gasteiger partial charge in [-0.25, -0.2) is 4.98 Å². The van der Waals surface area contributed by atoms with Gasteiger partial charge in [-0.05, 0) is 24.3 Å². The van der Waals surface area contributed by atoms with E-state index in [-0.39, 0.29) is 17.5 Å². The Bertz CT molecular complexity index is 953. The Morgan fingerprint density at radius 2 is 1.82 bits per heavy atom. The zero-order chi connectivity index (χ0) is 19.9. The van der Waals surface area contributed by atoms with E-state index < -0.39 is 0 Å². The first-order valence-electron chi connectivity index (χ1n) is 8.27. The van der Waals surface area contributed by atoms with Crippen molar-refractivity contribution < 1.29 is 19.1 Å². The van der Waals surface area contributed by atoms with E-state index in [9.17, 15) is 9.59 Å². The second kappa shape index (κ2) is 8.96. The van der Waals surface area contributed by atoms with Gasteiger partial charge in [0.1, 0.15) is 17.2 Å². The van der Waals surface area contributed by atoms with Crippen molar-refractivity contribution in [1.29, 1.82) is 0 Å². The van der Waals surface area contributed by atoms with Crippen LogP contribution in [0.2, 0.25) is 0 Å². The number of methoxy groups -OCH3 is 2. The van der Waals surface area contributed by atoms with Gasteiger partial charge in [-0.2, -0.15) is 0 Å². The minimum Gasteiger partial charge on any atom is -0.497 e. The van der Waals surface area contributed by atoms with Gasteiger partial charge < -0.3 is 14.8 Å². The highest BCUT2D eigenvalue weighted by Crippen LogP contribution is 2.24. The van der Waals surface area contributed by atoms with Crippen molar-refractivity contribution in [2.45, 2.75) is 6.54 Å². The third-order valence-corrected chi connectivity index (χ3v) is 4.48. The number of hydrogen-bond acceptors (Lipinski definition) is 7. The van der Waals surface area contributed by atoms with E-state index in [0.717, 1.165) is 17.0 Å². The Labute approximate surface area is 165 Å². The monoisotopic (exact) mass is 398 g/mol. The van der Waals surface area contributed by atoms with E-state index in [1.165, 1.54) is 14.2 Å². The molecule has 0 saturated heterocycles. The molecule has 3 aromatic rings. The lowest BCUT2D eigenvalue weighted by molar-refractivity contribution is 0.0944. The Kier molecular flexibility index (Phi) is 6.18. The quantitative estimate of drug-likeness (QED) is 0.634. The van der Waals surface area contributed by atoms with Gasteiger partial charge in [0.05, 0.1) is 26.5 Å². The lowest BCUT2D eigenvalue weighted by Crippen LogP contribution is -2.23. The molecular formula is C19H18N4O4S. The highest BCUT2D eigenvalue weighted by Gasteiger charge is 2.15. The summed E-state index contributed by atoms with van der Waals surface area (Å²) in [7, 11) is 3.01. The van der Waals surface area contributed by atoms with Gasteiger partial charge in [-0.15, -0.1) is 11.3 Å². The second-order valence-corrected chi connectivity index (χ2v) is 6.46. The number of anilines is 1. The van der Waals surface area contributed by atoms with Crippen molar-refractivity contribution in [1.82, 2.24) is 15.3 Å². The summed E-state index contributed by atoms with van der Waals surface area (Å²) in [4.78, 5) is 33.0. The standard InChI is InChI=1S/C19H18N4O4S/c1-26-14-7-12(8-15(9-14)27-2)17(24)23-19-22-16(11-28-19)18(25)21-10-13-5-3-4-6-20-13/h3-9,11H,10H2,1-2H3,(H,21,25)(H,22,23,24). The number of amides is 2. The molecule has 0 fully saturated rings. The fraction of sp³-hybridized carbons (Fsp3) is 0.158. The highest BCUT2D eigenvalue weighted by molar-refractivity contribution is 7.14. The van der Waals surface area contributed by atoms with Crippen LogP contribution in [0.5, 0.6) is 11.5 Å². The van der Waals surface area contributed by atoms with Crippen LogP contribution in [0.15, 0.2) is 48.0 Å². The van der Waals surface area contributed by atoms with E-state index in [0.29, 0.717) is 28.7 Å². The molecule has 9 heteroatoms. The molecule has 3 rings (SSSR count). The molecule has 2 N–H and O–H groups in total. The molecule has 1 aromatic carbocycles. The highest BCUT2D eigenvalue weighted by atomic mass is 32.1. The number of pyridine rings is 1. The molecule has 2 amide bonds. The maximum absolute atomic E-state index is 12.5. The molecule has 2 aromatic heterocycles. The number of nitrogens with one attached hydrogen (secondary N) is 2. The largest absolute Gasteiger partial charge is 0.497 e. The molecular weight excluding hydrogens is 380 g/mol. The molecule has 0 saturated carbocycles. The Balaban J connectivity index is 1.64. The van der Waals surface area contributed by atoms with Gasteiger partial charge in [0.25, 0.3) is 11.8 Å². The Hall–Kier alpha value is -3.46. The summed E-state index contributed by atoms with van der Waals surface area (Å²) in [6.45, 7) is 0.294. The summed E-state index contributed by atoms with van der Waals surface area (Å²) in [6.07, 6.45) is 1.66. The number of aromatic nitrogens is 2. The molecule has 2 heterocycles. The average Bonchev–Trinajstić information content (AvgIpc) is 3.20. The van der Waals surface area contributed by atoms with Gasteiger partial charge in [0.2, 0.25) is 0 Å². The molecule has 0 spiro atoms. The fourth-order valence-corrected chi connectivity index (χ4v) is 2.99. The van der Waals surface area contributed by atoms with Gasteiger partial charge in [0, 0.05) is 23.2 Å². The number of rotatable bonds is 7. The predicted molar refractivity (Wildman–Crippen MR) is 105 cm³/mol. The summed E-state index contributed by atoms with van der Waals surface area (Å²) >= 11 is 1.16. The van der Waals surface area contributed by atoms with E-state index in [4.69, 9.17) is 9.47 Å². The summed E-state index contributed by atoms with van der Waals surface area (Å²) < 4.78 is 10.3. The van der Waals surface area contributed by atoms with Crippen molar-refractivity contribution in [2.24, 2.45) is 0 Å².